The summed E-state index contributed by atoms with van der Waals surface area (Å²) in [7, 11) is -1.42. The largest absolute Gasteiger partial charge is 0.478 e. The molecule has 0 fully saturated rings. The molecule has 0 heterocycles. The maximum atomic E-state index is 11.3. The predicted octanol–water partition coefficient (Wildman–Crippen LogP) is 0.427. The van der Waals surface area contributed by atoms with Gasteiger partial charge in [-0.05, 0) is 44.9 Å². The highest BCUT2D eigenvalue weighted by molar-refractivity contribution is 6.58. The lowest BCUT2D eigenvalue weighted by molar-refractivity contribution is -0.156. The third-order valence-electron chi connectivity index (χ3n) is 9.50. The highest BCUT2D eigenvalue weighted by atomic mass is 28.3. The van der Waals surface area contributed by atoms with E-state index in [4.69, 9.17) is 153 Å². The molecule has 0 aliphatic heterocycles. The van der Waals surface area contributed by atoms with E-state index >= 15 is 0 Å². The SMILES string of the molecule is [2H]C([2H])(C)C(=O)C([2H])([2H])C.[2H]C([2H])(C)O.[2H]C([2H])([2H])C(=O)OC(=O)C([2H])([2H])[2H].[2H]C([2H])([2H])C([2H])([2H])C(=O)C([2H])([2H])C([2H])([2H])[2H].[2H]C([2H])([2H])C([2H])([2H])O.[2H]C([2H])([2H])CC(=O)CC([2H])([2H])[2H].[2H]C([2H])([2H])CO.[2H]C1=C(C(=O)O)C[C@@H](O)[C@H](O)[C@@H]1O.[2H][C@@]1(O)C=C(C(=O)O)C[C@@H](O)[C@@H]1O.[2H][C@@]1(O)[C@H](O)C=C(C(=O)O)C[C@H]1O.[2H][C@H]1C(C(=O)O)=C[C@@H](O)[C@@H](O)[C@@H]1O.[2H][Si](CC)(CC)CC. The Bertz CT molecular complexity index is 3580. The third kappa shape index (κ3) is 57.5. The Morgan fingerprint density at radius 3 is 1.19 bits per heavy atom. The summed E-state index contributed by atoms with van der Waals surface area (Å²) in [4.78, 5) is 95.5. The molecule has 0 spiro atoms. The van der Waals surface area contributed by atoms with Crippen molar-refractivity contribution in [1.29, 1.82) is 1.23 Å². The predicted molar refractivity (Wildman–Crippen MR) is 330 cm³/mol. The molecule has 13 atom stereocenters. The van der Waals surface area contributed by atoms with E-state index in [1.54, 1.807) is 0 Å². The van der Waals surface area contributed by atoms with E-state index in [1.165, 1.54) is 0 Å². The highest BCUT2D eigenvalue weighted by Crippen LogP contribution is 2.22. The summed E-state index contributed by atoms with van der Waals surface area (Å²) in [5, 5.41) is 167. The van der Waals surface area contributed by atoms with Gasteiger partial charge in [0.25, 0.3) is 0 Å². The van der Waals surface area contributed by atoms with Crippen LogP contribution in [0.4, 0.5) is 0 Å². The van der Waals surface area contributed by atoms with Gasteiger partial charge < -0.3 is 102 Å². The summed E-state index contributed by atoms with van der Waals surface area (Å²) >= 11 is 0. The molecule has 0 aromatic heterocycles. The van der Waals surface area contributed by atoms with E-state index in [2.05, 4.69) is 25.5 Å². The summed E-state index contributed by atoms with van der Waals surface area (Å²) in [5.74, 6) is -12.8. The van der Waals surface area contributed by atoms with Crippen molar-refractivity contribution < 1.29 is 200 Å². The maximum absolute atomic E-state index is 11.3. The molecule has 0 unspecified atom stereocenters. The third-order valence-corrected chi connectivity index (χ3v) is 12.5. The molecule has 29 nitrogen and oxygen atoms in total. The second-order valence-electron chi connectivity index (χ2n) is 15.7. The van der Waals surface area contributed by atoms with Gasteiger partial charge in [0, 0.05) is 175 Å². The van der Waals surface area contributed by atoms with Gasteiger partial charge in [-0.15, -0.1) is 0 Å². The van der Waals surface area contributed by atoms with Crippen molar-refractivity contribution in [3.63, 3.8) is 0 Å². The summed E-state index contributed by atoms with van der Waals surface area (Å²) < 4.78 is 277. The number of ketones is 3. The van der Waals surface area contributed by atoms with E-state index in [9.17, 15) is 43.2 Å². The Kier molecular flexibility index (Phi) is 29.6. The number of aliphatic hydroxyl groups is 15. The molecule has 4 aliphatic rings. The number of ether oxygens (including phenoxy) is 1. The molecule has 4 rings (SSSR count). The van der Waals surface area contributed by atoms with Gasteiger partial charge in [0.05, 0.1) is 34.0 Å². The number of carboxylic acid groups (broad SMARTS) is 4. The van der Waals surface area contributed by atoms with Gasteiger partial charge in [0.15, 0.2) is 0 Å². The van der Waals surface area contributed by atoms with Crippen LogP contribution in [0.25, 0.3) is 0 Å². The Balaban J connectivity index is -0.000000210. The topological polar surface area (TPSA) is 547 Å². The van der Waals surface area contributed by atoms with Gasteiger partial charge in [0.2, 0.25) is 0 Å². The number of aliphatic carboxylic acids is 4. The number of rotatable bonds is 13. The molecule has 524 valence electrons. The van der Waals surface area contributed by atoms with E-state index in [0.29, 0.717) is 0 Å². The summed E-state index contributed by atoms with van der Waals surface area (Å²) in [6.45, 7) is -19.0. The molecule has 0 bridgehead atoms. The molecular weight excluding hydrogens is 1200 g/mol. The lowest BCUT2D eigenvalue weighted by atomic mass is 9.92. The molecule has 0 aromatic rings. The molecule has 0 radical (unpaired) electrons. The van der Waals surface area contributed by atoms with Crippen molar-refractivity contribution in [2.24, 2.45) is 0 Å². The number of aliphatic hydroxyl groups excluding tert-OH is 11. The van der Waals surface area contributed by atoms with Gasteiger partial charge in [-0.2, -0.15) is 0 Å². The molecule has 0 saturated heterocycles. The van der Waals surface area contributed by atoms with Crippen LogP contribution in [0.1, 0.15) is 215 Å². The minimum atomic E-state index is -3.54. The van der Waals surface area contributed by atoms with Crippen LogP contribution in [-0.2, 0) is 47.9 Å². The van der Waals surface area contributed by atoms with Crippen molar-refractivity contribution in [1.82, 2.24) is 0 Å². The molecular formula is C59H110O29Si. The van der Waals surface area contributed by atoms with Gasteiger partial charge >= 0.3 is 35.8 Å². The summed E-state index contributed by atoms with van der Waals surface area (Å²) in [6.07, 6.45) is -32.5. The molecule has 0 amide bonds. The fraction of sp³-hybridized carbons (Fsp3) is 0.712. The Labute approximate surface area is 581 Å². The van der Waals surface area contributed by atoms with Crippen LogP contribution in [-0.4, -0.2) is 253 Å². The zero-order valence-electron chi connectivity index (χ0n) is 89.5. The van der Waals surface area contributed by atoms with E-state index < -0.39 is 266 Å². The normalized spacial score (nSPS) is 34.7. The number of carbonyl (C=O) groups is 9. The Morgan fingerprint density at radius 1 is 0.506 bits per heavy atom. The van der Waals surface area contributed by atoms with Crippen molar-refractivity contribution >= 4 is 61.9 Å². The lowest BCUT2D eigenvalue weighted by Crippen LogP contribution is -2.40. The first-order valence-electron chi connectivity index (χ1n) is 45.0. The van der Waals surface area contributed by atoms with Crippen molar-refractivity contribution in [3.05, 3.63) is 46.6 Å². The van der Waals surface area contributed by atoms with Gasteiger partial charge in [-0.25, -0.2) is 19.2 Å². The quantitative estimate of drug-likeness (QED) is 0.0675. The van der Waals surface area contributed by atoms with Crippen LogP contribution >= 0.6 is 0 Å². The monoisotopic (exact) mass is 1350 g/mol. The van der Waals surface area contributed by atoms with E-state index in [1.807, 2.05) is 0 Å². The van der Waals surface area contributed by atoms with Crippen LogP contribution in [0.3, 0.4) is 0 Å². The van der Waals surface area contributed by atoms with Gasteiger partial charge in [-0.3, -0.25) is 24.0 Å². The second kappa shape index (κ2) is 62.8. The number of hydrogen-bond acceptors (Lipinski definition) is 25. The first kappa shape index (κ1) is 42.0. The molecule has 0 saturated carbocycles. The number of carbonyl (C=O) groups excluding carboxylic acids is 5. The fourth-order valence-corrected chi connectivity index (χ4v) is 6.55. The van der Waals surface area contributed by atoms with Crippen LogP contribution in [0, 0.1) is 0 Å². The van der Waals surface area contributed by atoms with Crippen LogP contribution in [0.5, 0.6) is 0 Å². The molecule has 89 heavy (non-hydrogen) atoms. The number of Topliss-reactive ketones (excluding diaryl/α,β-unsaturated/α-hetero) is 3. The second-order valence-corrected chi connectivity index (χ2v) is 19.3. The minimum absolute atomic E-state index is 0.197. The van der Waals surface area contributed by atoms with Gasteiger partial charge in [0.1, 0.15) is 66.1 Å². The first-order valence-corrected chi connectivity index (χ1v) is 26.6. The molecule has 4 aliphatic carbocycles. The molecule has 30 heteroatoms. The zero-order chi connectivity index (χ0) is 107. The van der Waals surface area contributed by atoms with Crippen molar-refractivity contribution in [2.75, 3.05) is 19.7 Å². The maximum Gasteiger partial charge on any atom is 0.331 e. The van der Waals surface area contributed by atoms with E-state index in [-0.39, 0.29) is 36.0 Å². The Hall–Kier alpha value is -5.39. The van der Waals surface area contributed by atoms with Crippen LogP contribution < -0.4 is 0 Å². The minimum Gasteiger partial charge on any atom is -0.478 e. The standard InChI is InChI=1S/4C7H10O5.C6H16Si.3C5H10O.C4H6O3.3C2H6O/c4*8-4-1-3(7(11)12)2-5(9)6(4)10;1-4-7(5-2)6-3;3*1-3-5(6)4-2;1-3(5)7-4(2)6;3*1-2-3/h4*1,4-6,8-10H,2H2,(H,11,12);7H,4-6H2,1-3H3;3*3-4H2,1-2H3;1-2H3;3*3H,2H2,1H3/t4*4-,5-,6-;;;;;;;;/m1111......../s1/i6D;4D;2D;1D;7D;1D3,2D3,3D2,4D2;3D2,4D2;2*1D3,2D3;1D3,2D2;2D2;1D3/t2m;2-,4+,5+,6+;m;;;;;;;;/m1101......... The molecule has 0 aromatic carbocycles. The Morgan fingerprint density at radius 2 is 0.876 bits per heavy atom. The zero-order valence-corrected chi connectivity index (χ0v) is 49.5. The smallest absolute Gasteiger partial charge is 0.331 e. The molecule has 19 N–H and O–H groups in total. The number of carboxylic acids is 4. The average molecular weight is 1350 g/mol. The van der Waals surface area contributed by atoms with Crippen molar-refractivity contribution in [2.45, 2.75) is 252 Å². The lowest BCUT2D eigenvalue weighted by Gasteiger charge is -2.25. The number of esters is 2. The van der Waals surface area contributed by atoms with Crippen LogP contribution in [0.2, 0.25) is 18.1 Å². The highest BCUT2D eigenvalue weighted by Gasteiger charge is 2.34. The fourth-order valence-electron chi connectivity index (χ4n) is 5.05. The summed E-state index contributed by atoms with van der Waals surface area (Å²) in [6, 6.07) is 2.84. The average Bonchev–Trinajstić information content (AvgIpc) is 0.760. The first-order chi connectivity index (χ1) is 56.5. The van der Waals surface area contributed by atoms with Crippen LogP contribution in [0.15, 0.2) is 46.6 Å². The van der Waals surface area contributed by atoms with Crippen molar-refractivity contribution in [3.8, 4) is 0 Å². The van der Waals surface area contributed by atoms with Gasteiger partial charge in [-0.1, -0.05) is 80.2 Å². The summed E-state index contributed by atoms with van der Waals surface area (Å²) in [5.41, 5.74) is -1.22. The van der Waals surface area contributed by atoms with E-state index in [0.717, 1.165) is 57.1 Å². The number of hydrogen-bond donors (Lipinski definition) is 19.